The highest BCUT2D eigenvalue weighted by Gasteiger charge is 2.06. The van der Waals surface area contributed by atoms with E-state index in [4.69, 9.17) is 4.74 Å². The Labute approximate surface area is 132 Å². The van der Waals surface area contributed by atoms with Crippen LogP contribution in [0.2, 0.25) is 0 Å². The van der Waals surface area contributed by atoms with Crippen LogP contribution in [0.15, 0.2) is 41.8 Å². The maximum absolute atomic E-state index is 11.7. The molecular weight excluding hydrogens is 302 g/mol. The van der Waals surface area contributed by atoms with Crippen molar-refractivity contribution in [3.63, 3.8) is 0 Å². The average Bonchev–Trinajstić information content (AvgIpc) is 3.00. The zero-order chi connectivity index (χ0) is 15.8. The van der Waals surface area contributed by atoms with Gasteiger partial charge in [0.2, 0.25) is 5.91 Å². The highest BCUT2D eigenvalue weighted by Crippen LogP contribution is 2.15. The predicted octanol–water partition coefficient (Wildman–Crippen LogP) is 2.54. The molecule has 0 aliphatic heterocycles. The zero-order valence-electron chi connectivity index (χ0n) is 12.1. The lowest BCUT2D eigenvalue weighted by Crippen LogP contribution is -2.44. The summed E-state index contributed by atoms with van der Waals surface area (Å²) >= 11 is 1.49. The number of hydrogen-bond donors (Lipinski definition) is 3. The van der Waals surface area contributed by atoms with Gasteiger partial charge in [-0.1, -0.05) is 6.07 Å². The van der Waals surface area contributed by atoms with Gasteiger partial charge in [-0.2, -0.15) is 0 Å². The molecule has 0 radical (unpaired) electrons. The van der Waals surface area contributed by atoms with Crippen molar-refractivity contribution < 1.29 is 14.3 Å². The molecule has 0 fully saturated rings. The van der Waals surface area contributed by atoms with Crippen LogP contribution in [-0.2, 0) is 11.2 Å². The standard InChI is InChI=1S/C15H17N3O3S/c1-2-21-12-7-5-11(6-8-12)16-15(20)18-17-14(19)10-13-4-3-9-22-13/h3-9H,2,10H2,1H3,(H,17,19)(H2,16,18,20). The molecule has 0 spiro atoms. The highest BCUT2D eigenvalue weighted by molar-refractivity contribution is 7.10. The van der Waals surface area contributed by atoms with Crippen LogP contribution in [0, 0.1) is 0 Å². The number of ether oxygens (including phenoxy) is 1. The largest absolute Gasteiger partial charge is 0.494 e. The number of carbonyl (C=O) groups is 2. The number of thiophene rings is 1. The fraction of sp³-hybridized carbons (Fsp3) is 0.200. The molecule has 0 saturated carbocycles. The maximum atomic E-state index is 11.7. The summed E-state index contributed by atoms with van der Waals surface area (Å²) in [5.41, 5.74) is 5.27. The Bertz CT molecular complexity index is 611. The Kier molecular flexibility index (Phi) is 5.79. The van der Waals surface area contributed by atoms with Crippen molar-refractivity contribution in [2.75, 3.05) is 11.9 Å². The van der Waals surface area contributed by atoms with E-state index >= 15 is 0 Å². The van der Waals surface area contributed by atoms with Crippen LogP contribution >= 0.6 is 11.3 Å². The van der Waals surface area contributed by atoms with E-state index in [0.29, 0.717) is 12.3 Å². The fourth-order valence-corrected chi connectivity index (χ4v) is 2.41. The van der Waals surface area contributed by atoms with E-state index in [9.17, 15) is 9.59 Å². The van der Waals surface area contributed by atoms with Gasteiger partial charge in [0.25, 0.3) is 0 Å². The van der Waals surface area contributed by atoms with Gasteiger partial charge in [-0.25, -0.2) is 10.2 Å². The van der Waals surface area contributed by atoms with Crippen molar-refractivity contribution in [3.8, 4) is 5.75 Å². The lowest BCUT2D eigenvalue weighted by atomic mass is 10.3. The molecule has 0 saturated heterocycles. The Morgan fingerprint density at radius 3 is 2.55 bits per heavy atom. The average molecular weight is 319 g/mol. The van der Waals surface area contributed by atoms with Gasteiger partial charge in [0, 0.05) is 10.6 Å². The molecular formula is C15H17N3O3S. The Morgan fingerprint density at radius 1 is 1.14 bits per heavy atom. The molecule has 0 atom stereocenters. The normalized spacial score (nSPS) is 9.86. The first-order chi connectivity index (χ1) is 10.7. The van der Waals surface area contributed by atoms with E-state index in [1.54, 1.807) is 24.3 Å². The van der Waals surface area contributed by atoms with Gasteiger partial charge in [0.15, 0.2) is 0 Å². The zero-order valence-corrected chi connectivity index (χ0v) is 12.9. The third-order valence-corrected chi connectivity index (χ3v) is 3.53. The number of amides is 3. The molecule has 3 amide bonds. The second-order valence-electron chi connectivity index (χ2n) is 4.34. The maximum Gasteiger partial charge on any atom is 0.337 e. The van der Waals surface area contributed by atoms with Crippen LogP contribution in [0.3, 0.4) is 0 Å². The third kappa shape index (κ3) is 5.10. The topological polar surface area (TPSA) is 79.5 Å². The van der Waals surface area contributed by atoms with Crippen LogP contribution in [-0.4, -0.2) is 18.5 Å². The molecule has 3 N–H and O–H groups in total. The summed E-state index contributed by atoms with van der Waals surface area (Å²) in [6.45, 7) is 2.49. The van der Waals surface area contributed by atoms with Gasteiger partial charge in [-0.05, 0) is 42.6 Å². The first-order valence-electron chi connectivity index (χ1n) is 6.78. The number of hydrogen-bond acceptors (Lipinski definition) is 4. The predicted molar refractivity (Wildman–Crippen MR) is 85.9 cm³/mol. The Morgan fingerprint density at radius 2 is 1.91 bits per heavy atom. The number of hydrazine groups is 1. The molecule has 0 unspecified atom stereocenters. The van der Waals surface area contributed by atoms with Crippen molar-refractivity contribution in [1.82, 2.24) is 10.9 Å². The van der Waals surface area contributed by atoms with Crippen LogP contribution in [0.4, 0.5) is 10.5 Å². The quantitative estimate of drug-likeness (QED) is 0.741. The van der Waals surface area contributed by atoms with Crippen molar-refractivity contribution in [1.29, 1.82) is 0 Å². The summed E-state index contributed by atoms with van der Waals surface area (Å²) in [5, 5.41) is 4.51. The molecule has 116 valence electrons. The van der Waals surface area contributed by atoms with Gasteiger partial charge in [0.05, 0.1) is 13.0 Å². The van der Waals surface area contributed by atoms with Crippen molar-refractivity contribution >= 4 is 29.0 Å². The summed E-state index contributed by atoms with van der Waals surface area (Å²) in [6, 6.07) is 10.2. The van der Waals surface area contributed by atoms with Crippen LogP contribution in [0.1, 0.15) is 11.8 Å². The van der Waals surface area contributed by atoms with Crippen molar-refractivity contribution in [3.05, 3.63) is 46.7 Å². The molecule has 1 heterocycles. The second kappa shape index (κ2) is 8.04. The second-order valence-corrected chi connectivity index (χ2v) is 5.37. The summed E-state index contributed by atoms with van der Waals surface area (Å²) in [4.78, 5) is 24.2. The van der Waals surface area contributed by atoms with Gasteiger partial charge in [-0.15, -0.1) is 11.3 Å². The van der Waals surface area contributed by atoms with Gasteiger partial charge in [-0.3, -0.25) is 10.2 Å². The number of benzene rings is 1. The molecule has 0 bridgehead atoms. The van der Waals surface area contributed by atoms with E-state index in [1.165, 1.54) is 11.3 Å². The SMILES string of the molecule is CCOc1ccc(NC(=O)NNC(=O)Cc2cccs2)cc1. The third-order valence-electron chi connectivity index (χ3n) is 2.65. The number of nitrogens with one attached hydrogen (secondary N) is 3. The van der Waals surface area contributed by atoms with E-state index < -0.39 is 6.03 Å². The summed E-state index contributed by atoms with van der Waals surface area (Å²) in [6.07, 6.45) is 0.237. The molecule has 0 aliphatic rings. The molecule has 7 heteroatoms. The highest BCUT2D eigenvalue weighted by atomic mass is 32.1. The van der Waals surface area contributed by atoms with Crippen LogP contribution in [0.5, 0.6) is 5.75 Å². The van der Waals surface area contributed by atoms with Gasteiger partial charge in [0.1, 0.15) is 5.75 Å². The summed E-state index contributed by atoms with van der Waals surface area (Å²) < 4.78 is 5.31. The van der Waals surface area contributed by atoms with E-state index in [2.05, 4.69) is 16.2 Å². The first-order valence-corrected chi connectivity index (χ1v) is 7.66. The molecule has 1 aromatic heterocycles. The summed E-state index contributed by atoms with van der Waals surface area (Å²) in [7, 11) is 0. The molecule has 22 heavy (non-hydrogen) atoms. The first kappa shape index (κ1) is 15.8. The number of urea groups is 1. The van der Waals surface area contributed by atoms with Crippen LogP contribution < -0.4 is 20.9 Å². The molecule has 2 aromatic rings. The fourth-order valence-electron chi connectivity index (χ4n) is 1.71. The molecule has 2 rings (SSSR count). The lowest BCUT2D eigenvalue weighted by molar-refractivity contribution is -0.121. The van der Waals surface area contributed by atoms with Gasteiger partial charge >= 0.3 is 6.03 Å². The minimum absolute atomic E-state index is 0.237. The Balaban J connectivity index is 1.74. The monoisotopic (exact) mass is 319 g/mol. The van der Waals surface area contributed by atoms with E-state index in [1.807, 2.05) is 24.4 Å². The van der Waals surface area contributed by atoms with Gasteiger partial charge < -0.3 is 10.1 Å². The lowest BCUT2D eigenvalue weighted by Gasteiger charge is -2.09. The molecule has 1 aromatic carbocycles. The molecule has 6 nitrogen and oxygen atoms in total. The minimum atomic E-state index is -0.510. The number of rotatable bonds is 5. The number of carbonyl (C=O) groups excluding carboxylic acids is 2. The Hall–Kier alpha value is -2.54. The van der Waals surface area contributed by atoms with Crippen LogP contribution in [0.25, 0.3) is 0 Å². The number of anilines is 1. The summed E-state index contributed by atoms with van der Waals surface area (Å²) in [5.74, 6) is 0.460. The smallest absolute Gasteiger partial charge is 0.337 e. The minimum Gasteiger partial charge on any atom is -0.494 e. The van der Waals surface area contributed by atoms with E-state index in [-0.39, 0.29) is 12.3 Å². The van der Waals surface area contributed by atoms with E-state index in [0.717, 1.165) is 10.6 Å². The molecule has 0 aliphatic carbocycles. The van der Waals surface area contributed by atoms with Crippen molar-refractivity contribution in [2.45, 2.75) is 13.3 Å². The van der Waals surface area contributed by atoms with Crippen molar-refractivity contribution in [2.24, 2.45) is 0 Å².